The molecule has 0 aliphatic carbocycles. The molecule has 0 saturated heterocycles. The Kier molecular flexibility index (Phi) is 12.1. The van der Waals surface area contributed by atoms with Crippen LogP contribution in [0.3, 0.4) is 0 Å². The van der Waals surface area contributed by atoms with Gasteiger partial charge < -0.3 is 0 Å². The summed E-state index contributed by atoms with van der Waals surface area (Å²) in [6.45, 7) is 13.2. The van der Waals surface area contributed by atoms with E-state index in [0.29, 0.717) is 0 Å². The fourth-order valence-electron chi connectivity index (χ4n) is 3.32. The lowest BCUT2D eigenvalue weighted by Crippen LogP contribution is -2.10. The van der Waals surface area contributed by atoms with E-state index in [2.05, 4.69) is 90.6 Å². The van der Waals surface area contributed by atoms with E-state index in [1.165, 1.54) is 23.3 Å². The second-order valence-corrected chi connectivity index (χ2v) is 12.8. The summed E-state index contributed by atoms with van der Waals surface area (Å²) in [5.74, 6) is -0.467. The number of thiol groups is 1. The molecule has 0 heterocycles. The summed E-state index contributed by atoms with van der Waals surface area (Å²) in [6, 6.07) is 27.7. The lowest BCUT2D eigenvalue weighted by atomic mass is 9.87. The maximum atomic E-state index is 12.1. The van der Waals surface area contributed by atoms with Crippen molar-refractivity contribution in [3.63, 3.8) is 0 Å². The highest BCUT2D eigenvalue weighted by Crippen LogP contribution is 2.31. The van der Waals surface area contributed by atoms with Crippen LogP contribution in [0, 0.1) is 26.0 Å². The maximum Gasteiger partial charge on any atom is 0.269 e. The highest BCUT2D eigenvalue weighted by atomic mass is 32.2. The molecule has 0 N–H and O–H groups in total. The minimum Gasteiger partial charge on any atom is -0.258 e. The minimum atomic E-state index is -0.570. The summed E-state index contributed by atoms with van der Waals surface area (Å²) in [5.41, 5.74) is 3.08. The van der Waals surface area contributed by atoms with Gasteiger partial charge in [0, 0.05) is 39.0 Å². The van der Waals surface area contributed by atoms with Crippen LogP contribution in [0.1, 0.15) is 52.7 Å². The van der Waals surface area contributed by atoms with E-state index in [1.54, 1.807) is 23.9 Å². The predicted octanol–water partition coefficient (Wildman–Crippen LogP) is 10.1. The van der Waals surface area contributed by atoms with Crippen LogP contribution in [0.2, 0.25) is 0 Å². The fourth-order valence-corrected chi connectivity index (χ4v) is 4.28. The Hall–Kier alpha value is -3.69. The largest absolute Gasteiger partial charge is 0.269 e. The number of hydrogen-bond acceptors (Lipinski definition) is 6. The first kappa shape index (κ1) is 33.5. The molecule has 0 radical (unpaired) electrons. The zero-order chi connectivity index (χ0) is 30.8. The van der Waals surface area contributed by atoms with Gasteiger partial charge in [-0.2, -0.15) is 0 Å². The minimum absolute atomic E-state index is 0.0959. The summed E-state index contributed by atoms with van der Waals surface area (Å²) in [6.07, 6.45) is 0. The molecular formula is C32H35FN2O4S2. The molecule has 4 aromatic rings. The Morgan fingerprint density at radius 3 is 1.24 bits per heavy atom. The summed E-state index contributed by atoms with van der Waals surface area (Å²) in [4.78, 5) is 22.8. The van der Waals surface area contributed by atoms with Gasteiger partial charge in [-0.3, -0.25) is 20.2 Å². The van der Waals surface area contributed by atoms with Gasteiger partial charge in [-0.15, -0.1) is 12.6 Å². The first-order valence-corrected chi connectivity index (χ1v) is 14.0. The zero-order valence-electron chi connectivity index (χ0n) is 24.0. The highest BCUT2D eigenvalue weighted by Gasteiger charge is 2.13. The molecule has 41 heavy (non-hydrogen) atoms. The first-order chi connectivity index (χ1) is 19.1. The lowest BCUT2D eigenvalue weighted by Gasteiger charge is -2.19. The van der Waals surface area contributed by atoms with E-state index in [4.69, 9.17) is 0 Å². The van der Waals surface area contributed by atoms with Gasteiger partial charge >= 0.3 is 0 Å². The third kappa shape index (κ3) is 11.8. The number of hydrogen-bond donors (Lipinski definition) is 1. The van der Waals surface area contributed by atoms with E-state index in [9.17, 15) is 24.6 Å². The van der Waals surface area contributed by atoms with Crippen LogP contribution in [0.4, 0.5) is 15.8 Å². The van der Waals surface area contributed by atoms with Crippen molar-refractivity contribution >= 4 is 35.8 Å². The van der Waals surface area contributed by atoms with Crippen LogP contribution in [0.15, 0.2) is 112 Å². The number of nitrogens with zero attached hydrogens (tertiary/aromatic N) is 2. The molecule has 9 heteroatoms. The Bertz CT molecular complexity index is 1410. The Labute approximate surface area is 250 Å². The summed E-state index contributed by atoms with van der Waals surface area (Å²) in [5, 5.41) is 20.6. The monoisotopic (exact) mass is 594 g/mol. The molecular weight excluding hydrogens is 559 g/mol. The second kappa shape index (κ2) is 14.8. The summed E-state index contributed by atoms with van der Waals surface area (Å²) >= 11 is 5.83. The van der Waals surface area contributed by atoms with Crippen molar-refractivity contribution < 1.29 is 14.2 Å². The van der Waals surface area contributed by atoms with Gasteiger partial charge in [-0.25, -0.2) is 4.39 Å². The Balaban J connectivity index is 0.000000236. The van der Waals surface area contributed by atoms with Gasteiger partial charge in [0.2, 0.25) is 0 Å². The van der Waals surface area contributed by atoms with Gasteiger partial charge in [0.1, 0.15) is 5.82 Å². The normalized spacial score (nSPS) is 10.9. The van der Waals surface area contributed by atoms with Crippen LogP contribution in [0.25, 0.3) is 0 Å². The number of halogens is 1. The zero-order valence-corrected chi connectivity index (χ0v) is 25.7. The molecule has 216 valence electrons. The van der Waals surface area contributed by atoms with Crippen LogP contribution in [0.5, 0.6) is 0 Å². The molecule has 4 aromatic carbocycles. The molecule has 0 amide bonds. The van der Waals surface area contributed by atoms with Crippen molar-refractivity contribution in [3.05, 3.63) is 134 Å². The molecule has 0 spiro atoms. The molecule has 0 atom stereocenters. The maximum absolute atomic E-state index is 12.1. The van der Waals surface area contributed by atoms with Crippen LogP contribution >= 0.6 is 24.4 Å². The van der Waals surface area contributed by atoms with E-state index in [0.717, 1.165) is 39.0 Å². The number of rotatable bonds is 4. The fraction of sp³-hybridized carbons (Fsp3) is 0.250. The van der Waals surface area contributed by atoms with Gasteiger partial charge in [-0.05, 0) is 70.5 Å². The van der Waals surface area contributed by atoms with Gasteiger partial charge in [0.25, 0.3) is 11.4 Å². The van der Waals surface area contributed by atoms with Gasteiger partial charge in [0.15, 0.2) is 0 Å². The molecule has 4 rings (SSSR count). The molecule has 6 nitrogen and oxygen atoms in total. The first-order valence-electron chi connectivity index (χ1n) is 12.8. The van der Waals surface area contributed by atoms with Gasteiger partial charge in [-0.1, -0.05) is 77.6 Å². The van der Waals surface area contributed by atoms with Crippen LogP contribution < -0.4 is 0 Å². The standard InChI is InChI=1S/C16H17NO2S.C10H14S.C6H4FNO2/c1-16(2,3)12-4-8-14(9-5-12)20-15-10-6-13(7-11-15)17(18)19;1-10(2,3)8-4-6-9(11)7-5-8;7-5-1-3-6(4-2-5)8(9)10/h4-11H,1-3H3;4-7,11H,1-3H3;1-4H. The van der Waals surface area contributed by atoms with Crippen molar-refractivity contribution in [3.8, 4) is 0 Å². The average molecular weight is 595 g/mol. The van der Waals surface area contributed by atoms with E-state index in [-0.39, 0.29) is 27.1 Å². The van der Waals surface area contributed by atoms with Crippen molar-refractivity contribution in [2.24, 2.45) is 0 Å². The van der Waals surface area contributed by atoms with E-state index in [1.807, 2.05) is 12.1 Å². The predicted molar refractivity (Wildman–Crippen MR) is 168 cm³/mol. The lowest BCUT2D eigenvalue weighted by molar-refractivity contribution is -0.385. The Morgan fingerprint density at radius 1 is 0.585 bits per heavy atom. The molecule has 0 aliphatic heterocycles. The van der Waals surface area contributed by atoms with Crippen LogP contribution in [-0.4, -0.2) is 9.85 Å². The highest BCUT2D eigenvalue weighted by molar-refractivity contribution is 7.99. The molecule has 0 fully saturated rings. The average Bonchev–Trinajstić information content (AvgIpc) is 2.89. The van der Waals surface area contributed by atoms with Crippen LogP contribution in [-0.2, 0) is 10.8 Å². The molecule has 0 bridgehead atoms. The Morgan fingerprint density at radius 2 is 0.902 bits per heavy atom. The SMILES string of the molecule is CC(C)(C)c1ccc(S)cc1.CC(C)(C)c1ccc(Sc2ccc([N+](=O)[O-])cc2)cc1.O=[N+]([O-])c1ccc(F)cc1. The number of non-ortho nitro benzene ring substituents is 2. The van der Waals surface area contributed by atoms with E-state index >= 15 is 0 Å². The molecule has 0 aliphatic rings. The van der Waals surface area contributed by atoms with Gasteiger partial charge in [0.05, 0.1) is 9.85 Å². The number of benzene rings is 4. The van der Waals surface area contributed by atoms with Crippen molar-refractivity contribution in [1.82, 2.24) is 0 Å². The second-order valence-electron chi connectivity index (χ2n) is 11.2. The topological polar surface area (TPSA) is 86.3 Å². The van der Waals surface area contributed by atoms with Crippen molar-refractivity contribution in [1.29, 1.82) is 0 Å². The number of nitro groups is 2. The smallest absolute Gasteiger partial charge is 0.258 e. The van der Waals surface area contributed by atoms with E-state index < -0.39 is 10.7 Å². The molecule has 0 aromatic heterocycles. The quantitative estimate of drug-likeness (QED) is 0.144. The third-order valence-corrected chi connectivity index (χ3v) is 7.09. The summed E-state index contributed by atoms with van der Waals surface area (Å²) < 4.78 is 12.1. The molecule has 0 saturated carbocycles. The van der Waals surface area contributed by atoms with Crippen molar-refractivity contribution in [2.45, 2.75) is 67.1 Å². The number of nitro benzene ring substituents is 2. The summed E-state index contributed by atoms with van der Waals surface area (Å²) in [7, 11) is 0. The van der Waals surface area contributed by atoms with Crippen molar-refractivity contribution in [2.75, 3.05) is 0 Å². The molecule has 0 unspecified atom stereocenters. The third-order valence-electron chi connectivity index (χ3n) is 5.77.